The summed E-state index contributed by atoms with van der Waals surface area (Å²) in [4.78, 5) is 28.1. The Kier molecular flexibility index (Phi) is 3.86. The summed E-state index contributed by atoms with van der Waals surface area (Å²) in [6.45, 7) is 5.00. The molecule has 1 aliphatic heterocycles. The van der Waals surface area contributed by atoms with E-state index in [2.05, 4.69) is 18.7 Å². The van der Waals surface area contributed by atoms with Gasteiger partial charge in [-0.25, -0.2) is 9.18 Å². The van der Waals surface area contributed by atoms with E-state index < -0.39 is 17.2 Å². The van der Waals surface area contributed by atoms with Crippen molar-refractivity contribution in [2.75, 3.05) is 25.5 Å². The van der Waals surface area contributed by atoms with Crippen molar-refractivity contribution in [1.82, 2.24) is 9.47 Å². The van der Waals surface area contributed by atoms with Crippen LogP contribution in [0.4, 0.5) is 10.1 Å². The van der Waals surface area contributed by atoms with Crippen molar-refractivity contribution in [2.45, 2.75) is 38.9 Å². The number of benzene rings is 1. The molecule has 1 saturated heterocycles. The Balaban J connectivity index is 1.91. The standard InChI is InChI=1S/C20H24FN3O3/c1-20(2)10-24(19(20)22(3)4)16-8-15-12(7-14(16)21)17(25)13(18(26)27)9-23(15)11-5-6-11/h7-9,11,19H,5-6,10H2,1-4H3,(H,26,27). The molecule has 0 spiro atoms. The molecular formula is C20H24FN3O3. The quantitative estimate of drug-likeness (QED) is 0.893. The number of carbonyl (C=O) groups is 1. The van der Waals surface area contributed by atoms with E-state index in [0.29, 0.717) is 17.7 Å². The van der Waals surface area contributed by atoms with Gasteiger partial charge in [-0.1, -0.05) is 13.8 Å². The van der Waals surface area contributed by atoms with Gasteiger partial charge in [0.15, 0.2) is 0 Å². The van der Waals surface area contributed by atoms with Crippen molar-refractivity contribution >= 4 is 22.6 Å². The number of aromatic nitrogens is 1. The number of nitrogens with zero attached hydrogens (tertiary/aromatic N) is 3. The fourth-order valence-electron chi connectivity index (χ4n) is 4.50. The van der Waals surface area contributed by atoms with Crippen LogP contribution >= 0.6 is 0 Å². The smallest absolute Gasteiger partial charge is 0.341 e. The van der Waals surface area contributed by atoms with Gasteiger partial charge in [-0.2, -0.15) is 0 Å². The number of halogens is 1. The van der Waals surface area contributed by atoms with Crippen LogP contribution in [0.5, 0.6) is 0 Å². The number of hydrogen-bond acceptors (Lipinski definition) is 4. The Morgan fingerprint density at radius 3 is 2.48 bits per heavy atom. The molecule has 27 heavy (non-hydrogen) atoms. The molecule has 1 aliphatic carbocycles. The van der Waals surface area contributed by atoms with Crippen molar-refractivity contribution in [3.63, 3.8) is 0 Å². The van der Waals surface area contributed by atoms with E-state index in [-0.39, 0.29) is 28.6 Å². The van der Waals surface area contributed by atoms with Crippen molar-refractivity contribution < 1.29 is 14.3 Å². The second kappa shape index (κ2) is 5.79. The molecule has 4 rings (SSSR count). The normalized spacial score (nSPS) is 21.6. The third-order valence-electron chi connectivity index (χ3n) is 5.64. The van der Waals surface area contributed by atoms with Gasteiger partial charge in [0.1, 0.15) is 11.4 Å². The molecule has 7 heteroatoms. The van der Waals surface area contributed by atoms with Crippen molar-refractivity contribution in [3.05, 3.63) is 39.9 Å². The lowest BCUT2D eigenvalue weighted by atomic mass is 9.78. The maximum atomic E-state index is 15.0. The minimum atomic E-state index is -1.28. The van der Waals surface area contributed by atoms with E-state index in [1.807, 2.05) is 23.6 Å². The topological polar surface area (TPSA) is 65.8 Å². The van der Waals surface area contributed by atoms with Crippen LogP contribution in [0, 0.1) is 11.2 Å². The lowest BCUT2D eigenvalue weighted by Gasteiger charge is -2.58. The summed E-state index contributed by atoms with van der Waals surface area (Å²) in [6, 6.07) is 3.08. The summed E-state index contributed by atoms with van der Waals surface area (Å²) in [5.41, 5.74) is 0.142. The highest BCUT2D eigenvalue weighted by Gasteiger charge is 2.48. The van der Waals surface area contributed by atoms with Gasteiger partial charge in [-0.15, -0.1) is 0 Å². The Labute approximate surface area is 156 Å². The first-order chi connectivity index (χ1) is 12.6. The predicted octanol–water partition coefficient (Wildman–Crippen LogP) is 2.91. The number of rotatable bonds is 4. The van der Waals surface area contributed by atoms with Gasteiger partial charge in [-0.3, -0.25) is 9.69 Å². The van der Waals surface area contributed by atoms with Crippen molar-refractivity contribution in [2.24, 2.45) is 5.41 Å². The summed E-state index contributed by atoms with van der Waals surface area (Å²) >= 11 is 0. The first-order valence-electron chi connectivity index (χ1n) is 9.16. The van der Waals surface area contributed by atoms with Gasteiger partial charge in [0.25, 0.3) is 0 Å². The molecule has 1 unspecified atom stereocenters. The van der Waals surface area contributed by atoms with Crippen LogP contribution in [0.15, 0.2) is 23.1 Å². The van der Waals surface area contributed by atoms with Gasteiger partial charge in [0.2, 0.25) is 5.43 Å². The lowest BCUT2D eigenvalue weighted by molar-refractivity contribution is 0.0593. The van der Waals surface area contributed by atoms with Crippen molar-refractivity contribution in [3.8, 4) is 0 Å². The molecule has 0 amide bonds. The SMILES string of the molecule is CN(C)C1N(c2cc3c(cc2F)c(=O)c(C(=O)O)cn3C2CC2)CC1(C)C. The summed E-state index contributed by atoms with van der Waals surface area (Å²) < 4.78 is 16.8. The predicted molar refractivity (Wildman–Crippen MR) is 102 cm³/mol. The molecule has 1 atom stereocenters. The maximum Gasteiger partial charge on any atom is 0.341 e. The summed E-state index contributed by atoms with van der Waals surface area (Å²) in [6.07, 6.45) is 3.32. The first kappa shape index (κ1) is 18.0. The third-order valence-corrected chi connectivity index (χ3v) is 5.64. The molecule has 6 nitrogen and oxygen atoms in total. The Bertz CT molecular complexity index is 1010. The first-order valence-corrected chi connectivity index (χ1v) is 9.16. The Hall–Kier alpha value is -2.41. The monoisotopic (exact) mass is 373 g/mol. The molecule has 1 N–H and O–H groups in total. The average Bonchev–Trinajstić information content (AvgIpc) is 3.37. The number of carboxylic acid groups (broad SMARTS) is 1. The zero-order chi connectivity index (χ0) is 19.7. The molecule has 1 saturated carbocycles. The minimum Gasteiger partial charge on any atom is -0.477 e. The van der Waals surface area contributed by atoms with Gasteiger partial charge >= 0.3 is 5.97 Å². The highest BCUT2D eigenvalue weighted by Crippen LogP contribution is 2.44. The van der Waals surface area contributed by atoms with E-state index in [1.165, 1.54) is 12.3 Å². The molecule has 2 aliphatic rings. The van der Waals surface area contributed by atoms with Gasteiger partial charge in [0.05, 0.1) is 17.4 Å². The fourth-order valence-corrected chi connectivity index (χ4v) is 4.50. The van der Waals surface area contributed by atoms with Gasteiger partial charge in [0, 0.05) is 29.6 Å². The zero-order valence-corrected chi connectivity index (χ0v) is 16.0. The van der Waals surface area contributed by atoms with E-state index in [0.717, 1.165) is 12.8 Å². The number of carboxylic acids is 1. The lowest BCUT2D eigenvalue weighted by Crippen LogP contribution is -2.68. The number of pyridine rings is 1. The Morgan fingerprint density at radius 1 is 1.30 bits per heavy atom. The number of anilines is 1. The maximum absolute atomic E-state index is 15.0. The molecule has 2 heterocycles. The van der Waals surface area contributed by atoms with E-state index in [1.54, 1.807) is 6.07 Å². The molecule has 1 aromatic carbocycles. The largest absolute Gasteiger partial charge is 0.477 e. The summed E-state index contributed by atoms with van der Waals surface area (Å²) in [7, 11) is 3.94. The van der Waals surface area contributed by atoms with E-state index in [4.69, 9.17) is 0 Å². The fraction of sp³-hybridized carbons (Fsp3) is 0.500. The molecule has 0 radical (unpaired) electrons. The number of fused-ring (bicyclic) bond motifs is 1. The van der Waals surface area contributed by atoms with Crippen LogP contribution in [0.3, 0.4) is 0 Å². The number of hydrogen-bond donors (Lipinski definition) is 1. The number of aromatic carboxylic acids is 1. The summed E-state index contributed by atoms with van der Waals surface area (Å²) in [5.74, 6) is -1.77. The molecule has 2 fully saturated rings. The second-order valence-electron chi connectivity index (χ2n) is 8.59. The van der Waals surface area contributed by atoms with Crippen LogP contribution in [0.1, 0.15) is 43.1 Å². The van der Waals surface area contributed by atoms with Gasteiger partial charge in [-0.05, 0) is 39.1 Å². The van der Waals surface area contributed by atoms with Crippen LogP contribution in [-0.2, 0) is 0 Å². The van der Waals surface area contributed by atoms with Crippen LogP contribution in [0.2, 0.25) is 0 Å². The average molecular weight is 373 g/mol. The molecule has 1 aromatic heterocycles. The van der Waals surface area contributed by atoms with Crippen LogP contribution in [0.25, 0.3) is 10.9 Å². The van der Waals surface area contributed by atoms with Crippen LogP contribution in [-0.4, -0.2) is 47.3 Å². The van der Waals surface area contributed by atoms with E-state index in [9.17, 15) is 19.1 Å². The van der Waals surface area contributed by atoms with Gasteiger partial charge < -0.3 is 14.6 Å². The molecule has 0 bridgehead atoms. The second-order valence-corrected chi connectivity index (χ2v) is 8.59. The summed E-state index contributed by atoms with van der Waals surface area (Å²) in [5, 5.41) is 9.47. The molecule has 144 valence electrons. The highest BCUT2D eigenvalue weighted by molar-refractivity contribution is 5.93. The Morgan fingerprint density at radius 2 is 1.96 bits per heavy atom. The minimum absolute atomic E-state index is 0.0220. The zero-order valence-electron chi connectivity index (χ0n) is 16.0. The van der Waals surface area contributed by atoms with Crippen LogP contribution < -0.4 is 10.3 Å². The third kappa shape index (κ3) is 2.72. The highest BCUT2D eigenvalue weighted by atomic mass is 19.1. The molecule has 2 aromatic rings. The van der Waals surface area contributed by atoms with E-state index >= 15 is 0 Å². The molecular weight excluding hydrogens is 349 g/mol. The van der Waals surface area contributed by atoms with Crippen molar-refractivity contribution in [1.29, 1.82) is 0 Å².